The minimum Gasteiger partial charge on any atom is -0.383 e. The fraction of sp³-hybridized carbons (Fsp3) is 0.250. The molecule has 2 N–H and O–H groups in total. The van der Waals surface area contributed by atoms with Crippen molar-refractivity contribution in [2.75, 3.05) is 63.7 Å². The topological polar surface area (TPSA) is 120 Å². The molecule has 4 heterocycles. The third-order valence-corrected chi connectivity index (χ3v) is 8.04. The van der Waals surface area contributed by atoms with Gasteiger partial charge in [0.05, 0.1) is 58.8 Å². The molecular formula is C32H36N8O3S2. The Morgan fingerprint density at radius 1 is 0.756 bits per heavy atom. The van der Waals surface area contributed by atoms with Crippen LogP contribution in [-0.2, 0) is 20.3 Å². The summed E-state index contributed by atoms with van der Waals surface area (Å²) in [7, 11) is 2.17. The lowest BCUT2D eigenvalue weighted by atomic mass is 10.1. The summed E-state index contributed by atoms with van der Waals surface area (Å²) in [5.74, 6) is 0. The van der Waals surface area contributed by atoms with Gasteiger partial charge in [-0.15, -0.1) is 10.2 Å². The van der Waals surface area contributed by atoms with Crippen LogP contribution in [-0.4, -0.2) is 86.4 Å². The minimum absolute atomic E-state index is 0.323. The van der Waals surface area contributed by atoms with E-state index in [2.05, 4.69) is 61.1 Å². The first-order chi connectivity index (χ1) is 22.0. The number of fused-ring (bicyclic) bond motifs is 2. The smallest absolute Gasteiger partial charge is 0.237 e. The molecule has 13 heteroatoms. The van der Waals surface area contributed by atoms with E-state index in [0.717, 1.165) is 63.2 Å². The molecule has 6 rings (SSSR count). The highest BCUT2D eigenvalue weighted by atomic mass is 32.2. The number of nitrogens with one attached hydrogen (secondary N) is 2. The lowest BCUT2D eigenvalue weighted by molar-refractivity contribution is 0.210. The first-order valence-electron chi connectivity index (χ1n) is 14.2. The highest BCUT2D eigenvalue weighted by Crippen LogP contribution is 2.26. The van der Waals surface area contributed by atoms with E-state index in [9.17, 15) is 4.21 Å². The van der Waals surface area contributed by atoms with Gasteiger partial charge in [-0.05, 0) is 54.8 Å². The zero-order valence-corrected chi connectivity index (χ0v) is 27.3. The zero-order valence-electron chi connectivity index (χ0n) is 25.6. The van der Waals surface area contributed by atoms with Crippen LogP contribution in [0.4, 0.5) is 11.4 Å². The van der Waals surface area contributed by atoms with Gasteiger partial charge in [-0.1, -0.05) is 36.0 Å². The van der Waals surface area contributed by atoms with Crippen molar-refractivity contribution < 1.29 is 13.7 Å². The van der Waals surface area contributed by atoms with Crippen molar-refractivity contribution in [3.05, 3.63) is 85.2 Å². The maximum Gasteiger partial charge on any atom is 0.237 e. The van der Waals surface area contributed by atoms with E-state index >= 15 is 0 Å². The van der Waals surface area contributed by atoms with Gasteiger partial charge in [0.1, 0.15) is 0 Å². The molecule has 234 valence electrons. The number of anilines is 2. The van der Waals surface area contributed by atoms with Crippen molar-refractivity contribution in [3.63, 3.8) is 0 Å². The molecule has 2 aromatic carbocycles. The molecule has 4 aromatic heterocycles. The van der Waals surface area contributed by atoms with E-state index in [-0.39, 0.29) is 0 Å². The lowest BCUT2D eigenvalue weighted by Gasteiger charge is -2.08. The zero-order chi connectivity index (χ0) is 31.6. The summed E-state index contributed by atoms with van der Waals surface area (Å²) in [6.07, 6.45) is 7.09. The van der Waals surface area contributed by atoms with Crippen LogP contribution in [0.1, 0.15) is 0 Å². The third kappa shape index (κ3) is 8.05. The predicted molar refractivity (Wildman–Crippen MR) is 182 cm³/mol. The molecule has 0 radical (unpaired) electrons. The fourth-order valence-electron chi connectivity index (χ4n) is 4.61. The molecule has 0 aliphatic carbocycles. The van der Waals surface area contributed by atoms with Crippen LogP contribution in [0.25, 0.3) is 33.5 Å². The number of ether oxygens (including phenoxy) is 2. The average molecular weight is 645 g/mol. The molecular weight excluding hydrogens is 609 g/mol. The summed E-state index contributed by atoms with van der Waals surface area (Å²) >= 11 is 1.54. The highest BCUT2D eigenvalue weighted by Gasteiger charge is 2.10. The van der Waals surface area contributed by atoms with Crippen molar-refractivity contribution in [3.8, 4) is 22.5 Å². The molecule has 0 spiro atoms. The van der Waals surface area contributed by atoms with E-state index < -0.39 is 10.8 Å². The second-order valence-electron chi connectivity index (χ2n) is 9.85. The number of aromatic nitrogens is 6. The Kier molecular flexibility index (Phi) is 11.1. The van der Waals surface area contributed by atoms with Gasteiger partial charge in [0.15, 0.2) is 0 Å². The number of hydrogen-bond donors (Lipinski definition) is 2. The van der Waals surface area contributed by atoms with Gasteiger partial charge in [0.2, 0.25) is 10.3 Å². The SMILES string of the molecule is COCCNc1cccc(-c2ccc3cnc(S(C)=O)nn23)c1.COCCNc1cccc(-c2ccc3cnc(SC)nn23)c1. The van der Waals surface area contributed by atoms with Gasteiger partial charge in [-0.25, -0.2) is 19.0 Å². The van der Waals surface area contributed by atoms with Gasteiger partial charge in [0, 0.05) is 56.1 Å². The second kappa shape index (κ2) is 15.6. The molecule has 0 saturated heterocycles. The lowest BCUT2D eigenvalue weighted by Crippen LogP contribution is -2.07. The molecule has 45 heavy (non-hydrogen) atoms. The number of thioether (sulfide) groups is 1. The number of nitrogens with zero attached hydrogens (tertiary/aromatic N) is 6. The van der Waals surface area contributed by atoms with E-state index in [4.69, 9.17) is 9.47 Å². The Morgan fingerprint density at radius 2 is 1.29 bits per heavy atom. The third-order valence-electron chi connectivity index (χ3n) is 6.78. The summed E-state index contributed by atoms with van der Waals surface area (Å²) in [6.45, 7) is 2.86. The number of benzene rings is 2. The molecule has 0 bridgehead atoms. The highest BCUT2D eigenvalue weighted by molar-refractivity contribution is 7.98. The van der Waals surface area contributed by atoms with Crippen LogP contribution in [0.15, 0.2) is 95.5 Å². The minimum atomic E-state index is -1.21. The first-order valence-corrected chi connectivity index (χ1v) is 17.0. The Balaban J connectivity index is 0.000000178. The van der Waals surface area contributed by atoms with E-state index in [1.54, 1.807) is 31.2 Å². The number of rotatable bonds is 12. The van der Waals surface area contributed by atoms with Crippen molar-refractivity contribution in [2.24, 2.45) is 0 Å². The summed E-state index contributed by atoms with van der Waals surface area (Å²) in [4.78, 5) is 8.43. The van der Waals surface area contributed by atoms with E-state index in [1.807, 2.05) is 59.4 Å². The summed E-state index contributed by atoms with van der Waals surface area (Å²) in [5.41, 5.74) is 8.09. The molecule has 1 unspecified atom stereocenters. The maximum atomic E-state index is 11.6. The van der Waals surface area contributed by atoms with Crippen LogP contribution >= 0.6 is 11.8 Å². The average Bonchev–Trinajstić information content (AvgIpc) is 3.69. The van der Waals surface area contributed by atoms with Gasteiger partial charge in [-0.2, -0.15) is 0 Å². The Hall–Kier alpha value is -4.30. The number of methoxy groups -OCH3 is 2. The van der Waals surface area contributed by atoms with Gasteiger partial charge in [-0.3, -0.25) is 4.21 Å². The van der Waals surface area contributed by atoms with Crippen LogP contribution in [0.5, 0.6) is 0 Å². The first kappa shape index (κ1) is 32.1. The van der Waals surface area contributed by atoms with Crippen LogP contribution in [0, 0.1) is 0 Å². The standard InChI is InChI=1S/C16H18N4O2S.C16H18N4OS/c1-22-9-8-17-13-5-3-4-12(10-13)15-7-6-14-11-18-16(23(2)21)19-20(14)15;1-21-9-8-17-13-5-3-4-12(10-13)15-7-6-14-11-18-16(22-2)19-20(14)15/h3-7,10-11,17H,8-9H2,1-2H3;3-7,10-11,17H,8-9H2,1-2H3. The van der Waals surface area contributed by atoms with Crippen molar-refractivity contribution >= 4 is 45.0 Å². The number of hydrogen-bond acceptors (Lipinski definition) is 10. The molecule has 1 atom stereocenters. The molecule has 0 aliphatic heterocycles. The molecule has 6 aromatic rings. The predicted octanol–water partition coefficient (Wildman–Crippen LogP) is 5.37. The van der Waals surface area contributed by atoms with Gasteiger partial charge >= 0.3 is 0 Å². The van der Waals surface area contributed by atoms with Crippen LogP contribution < -0.4 is 10.6 Å². The molecule has 0 aliphatic rings. The van der Waals surface area contributed by atoms with Crippen molar-refractivity contribution in [2.45, 2.75) is 10.3 Å². The van der Waals surface area contributed by atoms with Gasteiger partial charge < -0.3 is 20.1 Å². The Morgan fingerprint density at radius 3 is 1.80 bits per heavy atom. The quantitative estimate of drug-likeness (QED) is 0.133. The largest absolute Gasteiger partial charge is 0.383 e. The Labute approximate surface area is 268 Å². The van der Waals surface area contributed by atoms with Crippen LogP contribution in [0.3, 0.4) is 0 Å². The van der Waals surface area contributed by atoms with E-state index in [0.29, 0.717) is 18.4 Å². The summed E-state index contributed by atoms with van der Waals surface area (Å²) in [6, 6.07) is 24.4. The van der Waals surface area contributed by atoms with Crippen molar-refractivity contribution in [1.29, 1.82) is 0 Å². The summed E-state index contributed by atoms with van der Waals surface area (Å²) in [5, 5.41) is 16.7. The second-order valence-corrected chi connectivity index (χ2v) is 11.9. The maximum absolute atomic E-state index is 11.6. The molecule has 0 saturated carbocycles. The monoisotopic (exact) mass is 644 g/mol. The van der Waals surface area contributed by atoms with Crippen molar-refractivity contribution in [1.82, 2.24) is 29.2 Å². The Bertz CT molecular complexity index is 1890. The van der Waals surface area contributed by atoms with Crippen LogP contribution in [0.2, 0.25) is 0 Å². The summed E-state index contributed by atoms with van der Waals surface area (Å²) < 4.78 is 25.4. The molecule has 11 nitrogen and oxygen atoms in total. The van der Waals surface area contributed by atoms with E-state index in [1.165, 1.54) is 11.8 Å². The van der Waals surface area contributed by atoms with Gasteiger partial charge in [0.25, 0.3) is 0 Å². The fourth-order valence-corrected chi connectivity index (χ4v) is 5.33. The molecule has 0 amide bonds. The normalized spacial score (nSPS) is 11.7. The molecule has 0 fully saturated rings.